The molecule has 0 amide bonds. The van der Waals surface area contributed by atoms with Gasteiger partial charge in [0.25, 0.3) is 5.56 Å². The molecule has 146 valence electrons. The molecule has 2 atom stereocenters. The van der Waals surface area contributed by atoms with Gasteiger partial charge >= 0.3 is 0 Å². The summed E-state index contributed by atoms with van der Waals surface area (Å²) in [5.74, 6) is 0.883. The van der Waals surface area contributed by atoms with Crippen molar-refractivity contribution in [2.75, 3.05) is 25.8 Å². The van der Waals surface area contributed by atoms with Gasteiger partial charge in [-0.05, 0) is 30.4 Å². The molecule has 1 aliphatic carbocycles. The minimum atomic E-state index is -0.442. The Labute approximate surface area is 166 Å². The van der Waals surface area contributed by atoms with E-state index in [0.29, 0.717) is 40.9 Å². The molecule has 2 heterocycles. The van der Waals surface area contributed by atoms with Crippen LogP contribution in [0.4, 0.5) is 5.82 Å². The van der Waals surface area contributed by atoms with Crippen molar-refractivity contribution in [1.82, 2.24) is 9.97 Å². The lowest BCUT2D eigenvalue weighted by molar-refractivity contribution is -0.122. The molecule has 2 N–H and O–H groups in total. The van der Waals surface area contributed by atoms with Crippen molar-refractivity contribution in [3.05, 3.63) is 51.5 Å². The molecule has 4 rings (SSSR count). The van der Waals surface area contributed by atoms with E-state index in [1.807, 2.05) is 24.5 Å². The normalized spacial score (nSPS) is 20.5. The highest BCUT2D eigenvalue weighted by Gasteiger charge is 2.42. The van der Waals surface area contributed by atoms with Crippen molar-refractivity contribution >= 4 is 23.4 Å². The number of allylic oxidation sites excluding steroid dienone is 2. The van der Waals surface area contributed by atoms with Gasteiger partial charge in [-0.25, -0.2) is 4.98 Å². The van der Waals surface area contributed by atoms with Gasteiger partial charge in [0.05, 0.1) is 25.7 Å². The second-order valence-corrected chi connectivity index (χ2v) is 7.49. The predicted molar refractivity (Wildman–Crippen MR) is 107 cm³/mol. The zero-order valence-electron chi connectivity index (χ0n) is 15.9. The van der Waals surface area contributed by atoms with Crippen LogP contribution in [0.2, 0.25) is 0 Å². The van der Waals surface area contributed by atoms with Gasteiger partial charge in [0.15, 0.2) is 16.7 Å². The van der Waals surface area contributed by atoms with E-state index in [4.69, 9.17) is 9.47 Å². The minimum absolute atomic E-state index is 0.115. The molecule has 1 aromatic carbocycles. The summed E-state index contributed by atoms with van der Waals surface area (Å²) in [6, 6.07) is 5.51. The Hall–Kier alpha value is -2.74. The van der Waals surface area contributed by atoms with E-state index < -0.39 is 11.8 Å². The smallest absolute Gasteiger partial charge is 0.257 e. The highest BCUT2D eigenvalue weighted by Crippen LogP contribution is 2.46. The van der Waals surface area contributed by atoms with E-state index in [1.165, 1.54) is 11.8 Å². The lowest BCUT2D eigenvalue weighted by Gasteiger charge is -2.36. The van der Waals surface area contributed by atoms with Gasteiger partial charge in [-0.2, -0.15) is 0 Å². The first-order chi connectivity index (χ1) is 13.6. The third kappa shape index (κ3) is 2.97. The molecule has 0 fully saturated rings. The molecule has 0 saturated carbocycles. The van der Waals surface area contributed by atoms with Crippen LogP contribution in [0.5, 0.6) is 11.5 Å². The number of hydrogen-bond donors (Lipinski definition) is 2. The molecular formula is C20H21N3O4S. The summed E-state index contributed by atoms with van der Waals surface area (Å²) < 4.78 is 10.8. The highest BCUT2D eigenvalue weighted by atomic mass is 32.2. The van der Waals surface area contributed by atoms with Crippen LogP contribution in [-0.4, -0.2) is 36.2 Å². The van der Waals surface area contributed by atoms with Crippen molar-refractivity contribution in [1.29, 1.82) is 0 Å². The maximum absolute atomic E-state index is 13.0. The summed E-state index contributed by atoms with van der Waals surface area (Å²) in [4.78, 5) is 33.2. The number of anilines is 1. The summed E-state index contributed by atoms with van der Waals surface area (Å²) in [6.07, 6.45) is 5.03. The number of aromatic amines is 1. The molecular weight excluding hydrogens is 378 g/mol. The number of aromatic nitrogens is 2. The molecule has 0 saturated heterocycles. The highest BCUT2D eigenvalue weighted by molar-refractivity contribution is 7.98. The molecule has 28 heavy (non-hydrogen) atoms. The molecule has 0 unspecified atom stereocenters. The van der Waals surface area contributed by atoms with Crippen LogP contribution in [0.25, 0.3) is 0 Å². The van der Waals surface area contributed by atoms with Gasteiger partial charge in [-0.1, -0.05) is 23.9 Å². The second-order valence-electron chi connectivity index (χ2n) is 6.70. The monoisotopic (exact) mass is 399 g/mol. The zero-order valence-corrected chi connectivity index (χ0v) is 16.7. The number of rotatable bonds is 4. The molecule has 0 radical (unpaired) electrons. The van der Waals surface area contributed by atoms with Crippen LogP contribution in [0.15, 0.2) is 39.9 Å². The van der Waals surface area contributed by atoms with Gasteiger partial charge in [-0.3, -0.25) is 9.59 Å². The number of carbonyl (C=O) groups excluding carboxylic acids is 1. The van der Waals surface area contributed by atoms with Crippen molar-refractivity contribution in [2.24, 2.45) is 5.92 Å². The van der Waals surface area contributed by atoms with E-state index in [2.05, 4.69) is 15.3 Å². The number of H-pyrrole nitrogens is 1. The SMILES string of the molecule is COc1ccc([C@H]2c3c(nc(SC)[nH]c3=O)NC3=CCCC(=O)[C@@H]32)cc1OC. The van der Waals surface area contributed by atoms with Crippen LogP contribution in [0.1, 0.15) is 29.9 Å². The zero-order chi connectivity index (χ0) is 19.8. The topological polar surface area (TPSA) is 93.3 Å². The van der Waals surface area contributed by atoms with Crippen LogP contribution >= 0.6 is 11.8 Å². The van der Waals surface area contributed by atoms with E-state index in [1.54, 1.807) is 20.3 Å². The van der Waals surface area contributed by atoms with E-state index in [-0.39, 0.29) is 11.3 Å². The average Bonchev–Trinajstić information content (AvgIpc) is 2.71. The van der Waals surface area contributed by atoms with Gasteiger partial charge in [0.2, 0.25) is 0 Å². The first kappa shape index (κ1) is 18.6. The van der Waals surface area contributed by atoms with Gasteiger partial charge in [0.1, 0.15) is 11.6 Å². The number of ether oxygens (including phenoxy) is 2. The Balaban J connectivity index is 1.96. The fourth-order valence-corrected chi connectivity index (χ4v) is 4.35. The Bertz CT molecular complexity index is 1030. The number of nitrogens with one attached hydrogen (secondary N) is 2. The third-order valence-electron chi connectivity index (χ3n) is 5.24. The second kappa shape index (κ2) is 7.35. The summed E-state index contributed by atoms with van der Waals surface area (Å²) in [6.45, 7) is 0. The fourth-order valence-electron chi connectivity index (χ4n) is 3.97. The lowest BCUT2D eigenvalue weighted by atomic mass is 9.72. The average molecular weight is 399 g/mol. The lowest BCUT2D eigenvalue weighted by Crippen LogP contribution is -2.38. The first-order valence-electron chi connectivity index (χ1n) is 8.97. The van der Waals surface area contributed by atoms with Crippen molar-refractivity contribution in [3.63, 3.8) is 0 Å². The predicted octanol–water partition coefficient (Wildman–Crippen LogP) is 2.93. The first-order valence-corrected chi connectivity index (χ1v) is 10.2. The molecule has 0 bridgehead atoms. The fraction of sp³-hybridized carbons (Fsp3) is 0.350. The molecule has 1 aliphatic heterocycles. The molecule has 0 spiro atoms. The number of thioether (sulfide) groups is 1. The van der Waals surface area contributed by atoms with Crippen LogP contribution in [-0.2, 0) is 4.79 Å². The number of Topliss-reactive ketones (excluding diaryl/α,β-unsaturated/α-hetero) is 1. The number of benzene rings is 1. The quantitative estimate of drug-likeness (QED) is 0.603. The number of methoxy groups -OCH3 is 2. The van der Waals surface area contributed by atoms with Crippen LogP contribution in [0.3, 0.4) is 0 Å². The standard InChI is InChI=1S/C20H21N3O4S/c1-26-13-8-7-10(9-14(13)27-2)15-16-11(5-4-6-12(16)24)21-18-17(15)19(25)23-20(22-18)28-3/h5,7-9,15-16H,4,6H2,1-3H3,(H2,21,22,23,25)/t15-,16-/m1/s1. The van der Waals surface area contributed by atoms with E-state index in [0.717, 1.165) is 11.3 Å². The maximum Gasteiger partial charge on any atom is 0.257 e. The van der Waals surface area contributed by atoms with E-state index >= 15 is 0 Å². The summed E-state index contributed by atoms with van der Waals surface area (Å²) in [7, 11) is 3.13. The Morgan fingerprint density at radius 1 is 1.14 bits per heavy atom. The Kier molecular flexibility index (Phi) is 4.89. The molecule has 8 heteroatoms. The largest absolute Gasteiger partial charge is 0.493 e. The summed E-state index contributed by atoms with van der Waals surface area (Å²) in [5.41, 5.74) is 1.87. The number of ketones is 1. The minimum Gasteiger partial charge on any atom is -0.493 e. The van der Waals surface area contributed by atoms with E-state index in [9.17, 15) is 9.59 Å². The Morgan fingerprint density at radius 2 is 1.93 bits per heavy atom. The number of carbonyl (C=O) groups is 1. The molecule has 1 aromatic heterocycles. The third-order valence-corrected chi connectivity index (χ3v) is 5.82. The number of fused-ring (bicyclic) bond motifs is 2. The van der Waals surface area contributed by atoms with Gasteiger partial charge < -0.3 is 19.8 Å². The maximum atomic E-state index is 13.0. The number of hydrogen-bond acceptors (Lipinski definition) is 7. The van der Waals surface area contributed by atoms with Crippen molar-refractivity contribution < 1.29 is 14.3 Å². The summed E-state index contributed by atoms with van der Waals surface area (Å²) >= 11 is 1.36. The molecule has 2 aliphatic rings. The van der Waals surface area contributed by atoms with Crippen LogP contribution in [0, 0.1) is 5.92 Å². The number of nitrogens with zero attached hydrogens (tertiary/aromatic N) is 1. The van der Waals surface area contributed by atoms with Gasteiger partial charge in [0, 0.05) is 18.0 Å². The summed E-state index contributed by atoms with van der Waals surface area (Å²) in [5, 5.41) is 3.77. The van der Waals surface area contributed by atoms with Crippen LogP contribution < -0.4 is 20.3 Å². The van der Waals surface area contributed by atoms with Crippen molar-refractivity contribution in [3.8, 4) is 11.5 Å². The molecule has 2 aromatic rings. The van der Waals surface area contributed by atoms with Crippen molar-refractivity contribution in [2.45, 2.75) is 23.9 Å². The molecule has 7 nitrogen and oxygen atoms in total. The van der Waals surface area contributed by atoms with Gasteiger partial charge in [-0.15, -0.1) is 0 Å². The Morgan fingerprint density at radius 3 is 2.64 bits per heavy atom.